The van der Waals surface area contributed by atoms with Crippen LogP contribution in [0.4, 0.5) is 16.4 Å². The van der Waals surface area contributed by atoms with Gasteiger partial charge in [-0.3, -0.25) is 4.79 Å². The summed E-state index contributed by atoms with van der Waals surface area (Å²) in [5.74, 6) is 0.618. The standard InChI is InChI=1S/C21H26BrN5O3.2H2/c1-21(2,3)30-20(29)25-14-7-9-27(10-8-14)17-6-4-5-16(26-17)18(28)15-11-13(22)12-24-19(15)23;;/h4-6,11-12,14H,7-10H2,1-3H3,(H2,23,24)(H,25,29);2*1H. The second kappa shape index (κ2) is 8.99. The number of rotatable bonds is 4. The Morgan fingerprint density at radius 1 is 1.30 bits per heavy atom. The molecule has 0 atom stereocenters. The monoisotopic (exact) mass is 479 g/mol. The molecule has 0 unspecified atom stereocenters. The van der Waals surface area contributed by atoms with E-state index in [0.29, 0.717) is 28.8 Å². The molecule has 3 rings (SSSR count). The van der Waals surface area contributed by atoms with Gasteiger partial charge in [0.1, 0.15) is 22.9 Å². The fraction of sp³-hybridized carbons (Fsp3) is 0.429. The summed E-state index contributed by atoms with van der Waals surface area (Å²) in [4.78, 5) is 35.5. The van der Waals surface area contributed by atoms with Gasteiger partial charge in [-0.05, 0) is 67.7 Å². The molecule has 30 heavy (non-hydrogen) atoms. The fourth-order valence-corrected chi connectivity index (χ4v) is 3.55. The summed E-state index contributed by atoms with van der Waals surface area (Å²) in [5.41, 5.74) is 5.97. The quantitative estimate of drug-likeness (QED) is 0.636. The van der Waals surface area contributed by atoms with Crippen molar-refractivity contribution in [3.8, 4) is 0 Å². The second-order valence-corrected chi connectivity index (χ2v) is 9.12. The molecule has 0 bridgehead atoms. The number of hydrogen-bond donors (Lipinski definition) is 2. The Bertz CT molecular complexity index is 947. The normalized spacial score (nSPS) is 15.0. The number of halogens is 1. The molecule has 0 spiro atoms. The molecule has 8 nitrogen and oxygen atoms in total. The van der Waals surface area contributed by atoms with Gasteiger partial charge in [0.2, 0.25) is 5.78 Å². The molecule has 0 saturated carbocycles. The van der Waals surface area contributed by atoms with E-state index < -0.39 is 11.7 Å². The highest BCUT2D eigenvalue weighted by atomic mass is 79.9. The number of amides is 1. The lowest BCUT2D eigenvalue weighted by Crippen LogP contribution is -2.46. The van der Waals surface area contributed by atoms with Crippen molar-refractivity contribution in [1.29, 1.82) is 0 Å². The molecule has 1 fully saturated rings. The van der Waals surface area contributed by atoms with Crippen molar-refractivity contribution in [2.75, 3.05) is 23.7 Å². The molecule has 2 aromatic rings. The van der Waals surface area contributed by atoms with Gasteiger partial charge in [0, 0.05) is 32.7 Å². The highest BCUT2D eigenvalue weighted by Gasteiger charge is 2.25. The van der Waals surface area contributed by atoms with Gasteiger partial charge < -0.3 is 20.7 Å². The first-order valence-corrected chi connectivity index (χ1v) is 10.6. The van der Waals surface area contributed by atoms with Gasteiger partial charge in [-0.25, -0.2) is 14.8 Å². The van der Waals surface area contributed by atoms with E-state index in [4.69, 9.17) is 10.5 Å². The summed E-state index contributed by atoms with van der Waals surface area (Å²) in [7, 11) is 0. The number of nitrogens with zero attached hydrogens (tertiary/aromatic N) is 3. The number of nitrogens with one attached hydrogen (secondary N) is 1. The largest absolute Gasteiger partial charge is 0.444 e. The Morgan fingerprint density at radius 3 is 2.67 bits per heavy atom. The van der Waals surface area contributed by atoms with Crippen LogP contribution in [-0.2, 0) is 4.74 Å². The maximum atomic E-state index is 12.9. The minimum Gasteiger partial charge on any atom is -0.444 e. The molecule has 1 aliphatic heterocycles. The predicted molar refractivity (Wildman–Crippen MR) is 123 cm³/mol. The van der Waals surface area contributed by atoms with Crippen LogP contribution in [0.1, 0.15) is 52.5 Å². The first kappa shape index (κ1) is 22.0. The molecule has 0 aliphatic carbocycles. The van der Waals surface area contributed by atoms with Crippen molar-refractivity contribution in [3.63, 3.8) is 0 Å². The molecule has 164 valence electrons. The third kappa shape index (κ3) is 5.69. The van der Waals surface area contributed by atoms with Crippen LogP contribution in [0, 0.1) is 0 Å². The van der Waals surface area contributed by atoms with E-state index in [2.05, 4.69) is 36.1 Å². The molecule has 3 heterocycles. The van der Waals surface area contributed by atoms with E-state index in [1.165, 1.54) is 0 Å². The van der Waals surface area contributed by atoms with Crippen LogP contribution in [0.25, 0.3) is 0 Å². The number of anilines is 2. The highest BCUT2D eigenvalue weighted by Crippen LogP contribution is 2.22. The number of carbonyl (C=O) groups is 2. The van der Waals surface area contributed by atoms with Gasteiger partial charge in [-0.1, -0.05) is 6.07 Å². The number of ether oxygens (including phenoxy) is 1. The van der Waals surface area contributed by atoms with E-state index in [-0.39, 0.29) is 20.5 Å². The number of hydrogen-bond acceptors (Lipinski definition) is 7. The van der Waals surface area contributed by atoms with Crippen molar-refractivity contribution in [2.24, 2.45) is 0 Å². The van der Waals surface area contributed by atoms with Gasteiger partial charge in [-0.15, -0.1) is 0 Å². The molecule has 9 heteroatoms. The highest BCUT2D eigenvalue weighted by molar-refractivity contribution is 9.10. The van der Waals surface area contributed by atoms with Crippen molar-refractivity contribution in [3.05, 3.63) is 46.2 Å². The number of alkyl carbamates (subject to hydrolysis) is 1. The van der Waals surface area contributed by atoms with Crippen LogP contribution in [-0.4, -0.2) is 46.6 Å². The van der Waals surface area contributed by atoms with Crippen molar-refractivity contribution in [2.45, 2.75) is 45.3 Å². The first-order valence-electron chi connectivity index (χ1n) is 9.79. The maximum Gasteiger partial charge on any atom is 0.407 e. The number of pyridine rings is 2. The summed E-state index contributed by atoms with van der Waals surface area (Å²) in [6, 6.07) is 7.05. The number of carbonyl (C=O) groups excluding carboxylic acids is 2. The lowest BCUT2D eigenvalue weighted by Gasteiger charge is -2.33. The van der Waals surface area contributed by atoms with Gasteiger partial charge >= 0.3 is 6.09 Å². The van der Waals surface area contributed by atoms with E-state index in [0.717, 1.165) is 18.7 Å². The molecule has 1 saturated heterocycles. The summed E-state index contributed by atoms with van der Waals surface area (Å²) in [5, 5.41) is 2.92. The fourth-order valence-electron chi connectivity index (χ4n) is 3.22. The third-order valence-electron chi connectivity index (χ3n) is 4.64. The molecule has 1 amide bonds. The summed E-state index contributed by atoms with van der Waals surface area (Å²) in [6.07, 6.45) is 2.68. The lowest BCUT2D eigenvalue weighted by molar-refractivity contribution is 0.0497. The van der Waals surface area contributed by atoms with Gasteiger partial charge in [0.25, 0.3) is 0 Å². The Kier molecular flexibility index (Phi) is 6.60. The van der Waals surface area contributed by atoms with Gasteiger partial charge in [-0.2, -0.15) is 0 Å². The molecular weight excluding hydrogens is 450 g/mol. The molecule has 0 radical (unpaired) electrons. The number of nitrogens with two attached hydrogens (primary N) is 1. The third-order valence-corrected chi connectivity index (χ3v) is 5.07. The summed E-state index contributed by atoms with van der Waals surface area (Å²) in [6.45, 7) is 6.95. The van der Waals surface area contributed by atoms with E-state index in [1.54, 1.807) is 18.3 Å². The zero-order chi connectivity index (χ0) is 21.9. The van der Waals surface area contributed by atoms with Crippen LogP contribution in [0.2, 0.25) is 0 Å². The summed E-state index contributed by atoms with van der Waals surface area (Å²) < 4.78 is 6.00. The molecule has 3 N–H and O–H groups in total. The number of ketones is 1. The van der Waals surface area contributed by atoms with Crippen LogP contribution < -0.4 is 16.0 Å². The molecule has 2 aromatic heterocycles. The van der Waals surface area contributed by atoms with E-state index >= 15 is 0 Å². The number of aromatic nitrogens is 2. The summed E-state index contributed by atoms with van der Waals surface area (Å²) >= 11 is 3.31. The SMILES string of the molecule is CC(C)(C)OC(=O)NC1CCN(c2cccc(C(=O)c3cc(Br)cnc3N)n2)CC1.[HH].[HH]. The molecular formula is C21H30BrN5O3. The topological polar surface area (TPSA) is 110 Å². The first-order chi connectivity index (χ1) is 14.1. The van der Waals surface area contributed by atoms with E-state index in [1.807, 2.05) is 32.9 Å². The smallest absolute Gasteiger partial charge is 0.407 e. The van der Waals surface area contributed by atoms with Crippen LogP contribution in [0.3, 0.4) is 0 Å². The van der Waals surface area contributed by atoms with Crippen molar-refractivity contribution in [1.82, 2.24) is 15.3 Å². The van der Waals surface area contributed by atoms with Gasteiger partial charge in [0.05, 0.1) is 5.56 Å². The van der Waals surface area contributed by atoms with Gasteiger partial charge in [0.15, 0.2) is 0 Å². The van der Waals surface area contributed by atoms with Crippen LogP contribution in [0.5, 0.6) is 0 Å². The maximum absolute atomic E-state index is 12.9. The zero-order valence-electron chi connectivity index (χ0n) is 17.3. The molecule has 0 aromatic carbocycles. The predicted octanol–water partition coefficient (Wildman–Crippen LogP) is 4.04. The van der Waals surface area contributed by atoms with Crippen LogP contribution >= 0.6 is 15.9 Å². The Hall–Kier alpha value is -2.68. The Balaban J connectivity index is 0.00000256. The van der Waals surface area contributed by atoms with E-state index in [9.17, 15) is 9.59 Å². The Morgan fingerprint density at radius 2 is 2.00 bits per heavy atom. The average Bonchev–Trinajstić information content (AvgIpc) is 2.68. The minimum absolute atomic E-state index is 0. The van der Waals surface area contributed by atoms with Crippen molar-refractivity contribution >= 4 is 39.4 Å². The number of nitrogen functional groups attached to an aromatic ring is 1. The Labute approximate surface area is 187 Å². The number of piperidine rings is 1. The minimum atomic E-state index is -0.519. The second-order valence-electron chi connectivity index (χ2n) is 8.20. The lowest BCUT2D eigenvalue weighted by atomic mass is 10.0. The van der Waals surface area contributed by atoms with Crippen LogP contribution in [0.15, 0.2) is 34.9 Å². The zero-order valence-corrected chi connectivity index (χ0v) is 18.9. The van der Waals surface area contributed by atoms with Crippen molar-refractivity contribution < 1.29 is 17.2 Å². The molecule has 1 aliphatic rings. The average molecular weight is 480 g/mol.